The van der Waals surface area contributed by atoms with Crippen LogP contribution in [0.25, 0.3) is 0 Å². The second kappa shape index (κ2) is 3.88. The molecule has 0 heterocycles. The van der Waals surface area contributed by atoms with E-state index in [0.29, 0.717) is 16.4 Å². The average molecular weight is 181 g/mol. The number of anilines is 1. The molecule has 0 unspecified atom stereocenters. The van der Waals surface area contributed by atoms with Crippen LogP contribution >= 0.6 is 0 Å². The van der Waals surface area contributed by atoms with E-state index < -0.39 is 5.91 Å². The van der Waals surface area contributed by atoms with E-state index in [4.69, 9.17) is 11.6 Å². The zero-order chi connectivity index (χ0) is 9.84. The van der Waals surface area contributed by atoms with E-state index in [9.17, 15) is 4.79 Å². The van der Waals surface area contributed by atoms with E-state index >= 15 is 0 Å². The minimum atomic E-state index is -0.472. The summed E-state index contributed by atoms with van der Waals surface area (Å²) in [7, 11) is 1.30. The monoisotopic (exact) mass is 181 g/mol. The maximum atomic E-state index is 11.4. The second-order valence-electron chi connectivity index (χ2n) is 2.40. The number of nitrogens with two attached hydrogens (primary N) is 2. The Morgan fingerprint density at radius 1 is 1.46 bits per heavy atom. The average Bonchev–Trinajstić information content (AvgIpc) is 2.16. The Morgan fingerprint density at radius 2 is 2.08 bits per heavy atom. The van der Waals surface area contributed by atoms with Crippen LogP contribution in [0.3, 0.4) is 0 Å². The number of para-hydroxylation sites is 1. The fourth-order valence-electron chi connectivity index (χ4n) is 0.893. The number of hydroxylamine groups is 1. The molecule has 1 amide bonds. The molecule has 0 aliphatic heterocycles. The van der Waals surface area contributed by atoms with Crippen LogP contribution in [0, 0.1) is 0 Å². The fraction of sp³-hybridized carbons (Fsp3) is 0.125. The van der Waals surface area contributed by atoms with Gasteiger partial charge in [-0.05, 0) is 12.1 Å². The van der Waals surface area contributed by atoms with E-state index in [0.717, 1.165) is 0 Å². The molecule has 0 aromatic heterocycles. The molecule has 0 aliphatic carbocycles. The van der Waals surface area contributed by atoms with Gasteiger partial charge in [0.05, 0.1) is 12.7 Å². The van der Waals surface area contributed by atoms with Gasteiger partial charge in [-0.15, -0.1) is 5.17 Å². The summed E-state index contributed by atoms with van der Waals surface area (Å²) in [5.41, 5.74) is 6.26. The number of hydrogen-bond donors (Lipinski definition) is 2. The Balaban J connectivity index is 2.95. The summed E-state index contributed by atoms with van der Waals surface area (Å²) in [6.07, 6.45) is 0. The molecular formula is C8H11N3O2. The zero-order valence-corrected chi connectivity index (χ0v) is 7.23. The number of hydrogen-bond acceptors (Lipinski definition) is 4. The second-order valence-corrected chi connectivity index (χ2v) is 2.40. The van der Waals surface area contributed by atoms with Gasteiger partial charge in [0, 0.05) is 5.69 Å². The highest BCUT2D eigenvalue weighted by Gasteiger charge is 2.13. The minimum Gasteiger partial charge on any atom is -0.398 e. The first kappa shape index (κ1) is 9.50. The Bertz CT molecular complexity index is 314. The highest BCUT2D eigenvalue weighted by Crippen LogP contribution is 2.11. The maximum absolute atomic E-state index is 11.4. The lowest BCUT2D eigenvalue weighted by molar-refractivity contribution is -0.0968. The highest BCUT2D eigenvalue weighted by atomic mass is 16.7. The van der Waals surface area contributed by atoms with Crippen molar-refractivity contribution in [3.05, 3.63) is 29.8 Å². The van der Waals surface area contributed by atoms with Crippen molar-refractivity contribution in [1.82, 2.24) is 5.17 Å². The van der Waals surface area contributed by atoms with Gasteiger partial charge in [0.1, 0.15) is 0 Å². The third kappa shape index (κ3) is 1.95. The summed E-state index contributed by atoms with van der Waals surface area (Å²) in [6, 6.07) is 6.64. The van der Waals surface area contributed by atoms with Crippen LogP contribution in [0.5, 0.6) is 0 Å². The molecule has 0 bridgehead atoms. The van der Waals surface area contributed by atoms with Crippen LogP contribution in [-0.2, 0) is 4.84 Å². The molecule has 0 aliphatic rings. The molecule has 0 saturated carbocycles. The molecule has 0 atom stereocenters. The third-order valence-corrected chi connectivity index (χ3v) is 1.59. The Kier molecular flexibility index (Phi) is 2.84. The van der Waals surface area contributed by atoms with Crippen LogP contribution < -0.4 is 11.6 Å². The molecule has 70 valence electrons. The molecule has 5 nitrogen and oxygen atoms in total. The topological polar surface area (TPSA) is 81.6 Å². The number of carbonyl (C=O) groups excluding carboxylic acids is 1. The van der Waals surface area contributed by atoms with Crippen molar-refractivity contribution in [1.29, 1.82) is 0 Å². The van der Waals surface area contributed by atoms with Gasteiger partial charge in [0.15, 0.2) is 0 Å². The van der Waals surface area contributed by atoms with Gasteiger partial charge >= 0.3 is 0 Å². The normalized spacial score (nSPS) is 9.69. The van der Waals surface area contributed by atoms with Crippen molar-refractivity contribution >= 4 is 11.6 Å². The Morgan fingerprint density at radius 3 is 2.62 bits per heavy atom. The predicted octanol–water partition coefficient (Wildman–Crippen LogP) is 0.146. The van der Waals surface area contributed by atoms with E-state index in [-0.39, 0.29) is 0 Å². The smallest absolute Gasteiger partial charge is 0.294 e. The number of carbonyl (C=O) groups is 1. The molecule has 0 fully saturated rings. The van der Waals surface area contributed by atoms with Gasteiger partial charge in [0.2, 0.25) is 0 Å². The lowest BCUT2D eigenvalue weighted by Crippen LogP contribution is -2.36. The first-order chi connectivity index (χ1) is 6.16. The largest absolute Gasteiger partial charge is 0.398 e. The van der Waals surface area contributed by atoms with Crippen molar-refractivity contribution in [2.24, 2.45) is 5.84 Å². The molecular weight excluding hydrogens is 170 g/mol. The van der Waals surface area contributed by atoms with E-state index in [2.05, 4.69) is 4.84 Å². The van der Waals surface area contributed by atoms with Gasteiger partial charge in [-0.2, -0.15) is 0 Å². The summed E-state index contributed by atoms with van der Waals surface area (Å²) in [6.45, 7) is 0. The van der Waals surface area contributed by atoms with Gasteiger partial charge in [-0.3, -0.25) is 9.63 Å². The van der Waals surface area contributed by atoms with Gasteiger partial charge in [0.25, 0.3) is 5.91 Å². The molecule has 0 radical (unpaired) electrons. The summed E-state index contributed by atoms with van der Waals surface area (Å²) in [4.78, 5) is 15.9. The van der Waals surface area contributed by atoms with Crippen LogP contribution in [0.4, 0.5) is 5.69 Å². The minimum absolute atomic E-state index is 0.326. The fourth-order valence-corrected chi connectivity index (χ4v) is 0.893. The summed E-state index contributed by atoms with van der Waals surface area (Å²) >= 11 is 0. The highest BCUT2D eigenvalue weighted by molar-refractivity contribution is 5.98. The van der Waals surface area contributed by atoms with Crippen LogP contribution in [0.1, 0.15) is 10.4 Å². The van der Waals surface area contributed by atoms with Crippen LogP contribution in [0.2, 0.25) is 0 Å². The van der Waals surface area contributed by atoms with Crippen LogP contribution in [0.15, 0.2) is 24.3 Å². The zero-order valence-electron chi connectivity index (χ0n) is 7.23. The molecule has 0 spiro atoms. The third-order valence-electron chi connectivity index (χ3n) is 1.59. The standard InChI is InChI=1S/C8H11N3O2/c1-13-11(10)8(12)6-4-2-3-5-7(6)9/h2-5H,9-10H2,1H3. The number of nitrogen functional groups attached to an aromatic ring is 1. The number of nitrogens with zero attached hydrogens (tertiary/aromatic N) is 1. The summed E-state index contributed by atoms with van der Waals surface area (Å²) in [5.74, 6) is 4.75. The number of hydrazine groups is 1. The van der Waals surface area contributed by atoms with Gasteiger partial charge in [-0.1, -0.05) is 12.1 Å². The predicted molar refractivity (Wildman–Crippen MR) is 48.2 cm³/mol. The molecule has 13 heavy (non-hydrogen) atoms. The van der Waals surface area contributed by atoms with Gasteiger partial charge in [-0.25, -0.2) is 5.84 Å². The molecule has 0 saturated heterocycles. The Labute approximate surface area is 75.8 Å². The molecule has 1 aromatic rings. The van der Waals surface area contributed by atoms with Crippen LogP contribution in [-0.4, -0.2) is 18.2 Å². The van der Waals surface area contributed by atoms with E-state index in [1.807, 2.05) is 0 Å². The van der Waals surface area contributed by atoms with Crippen molar-refractivity contribution in [2.75, 3.05) is 12.8 Å². The lowest BCUT2D eigenvalue weighted by Gasteiger charge is -2.13. The number of rotatable bonds is 2. The first-order valence-corrected chi connectivity index (χ1v) is 3.64. The SMILES string of the molecule is CON(N)C(=O)c1ccccc1N. The quantitative estimate of drug-likeness (QED) is 0.294. The molecule has 1 aromatic carbocycles. The Hall–Kier alpha value is -1.59. The molecule has 1 rings (SSSR count). The van der Waals surface area contributed by atoms with E-state index in [1.165, 1.54) is 7.11 Å². The van der Waals surface area contributed by atoms with Gasteiger partial charge < -0.3 is 5.73 Å². The first-order valence-electron chi connectivity index (χ1n) is 3.64. The molecule has 5 heteroatoms. The number of amides is 1. The summed E-state index contributed by atoms with van der Waals surface area (Å²) < 4.78 is 0. The number of benzene rings is 1. The summed E-state index contributed by atoms with van der Waals surface area (Å²) in [5, 5.41) is 0.631. The van der Waals surface area contributed by atoms with Crippen molar-refractivity contribution < 1.29 is 9.63 Å². The molecule has 4 N–H and O–H groups in total. The van der Waals surface area contributed by atoms with Crippen molar-refractivity contribution in [3.63, 3.8) is 0 Å². The lowest BCUT2D eigenvalue weighted by atomic mass is 10.2. The maximum Gasteiger partial charge on any atom is 0.294 e. The van der Waals surface area contributed by atoms with E-state index in [1.54, 1.807) is 24.3 Å². The van der Waals surface area contributed by atoms with Crippen molar-refractivity contribution in [2.45, 2.75) is 0 Å². The van der Waals surface area contributed by atoms with Crippen molar-refractivity contribution in [3.8, 4) is 0 Å².